The summed E-state index contributed by atoms with van der Waals surface area (Å²) in [6, 6.07) is 0. The molecule has 3 unspecified atom stereocenters. The van der Waals surface area contributed by atoms with Gasteiger partial charge in [0.2, 0.25) is 0 Å². The zero-order chi connectivity index (χ0) is 15.2. The van der Waals surface area contributed by atoms with E-state index >= 15 is 0 Å². The molecule has 0 radical (unpaired) electrons. The van der Waals surface area contributed by atoms with E-state index in [2.05, 4.69) is 31.0 Å². The van der Waals surface area contributed by atoms with Crippen molar-refractivity contribution in [2.75, 3.05) is 33.3 Å². The number of nitrogens with one attached hydrogen (secondary N) is 1. The highest BCUT2D eigenvalue weighted by atomic mass is 16.5. The Morgan fingerprint density at radius 3 is 2.45 bits per heavy atom. The molecule has 118 valence electrons. The molecule has 0 aromatic rings. The maximum atomic E-state index is 12.0. The summed E-state index contributed by atoms with van der Waals surface area (Å²) in [4.78, 5) is 14.5. The molecule has 0 saturated carbocycles. The lowest BCUT2D eigenvalue weighted by atomic mass is 9.95. The molecule has 1 aliphatic heterocycles. The molecule has 1 N–H and O–H groups in total. The van der Waals surface area contributed by atoms with Gasteiger partial charge in [-0.3, -0.25) is 4.79 Å². The summed E-state index contributed by atoms with van der Waals surface area (Å²) in [6.07, 6.45) is 2.88. The van der Waals surface area contributed by atoms with Crippen LogP contribution in [0.4, 0.5) is 0 Å². The lowest BCUT2D eigenvalue weighted by molar-refractivity contribution is -0.148. The molecule has 0 aromatic carbocycles. The molecule has 0 aromatic heterocycles. The van der Waals surface area contributed by atoms with Gasteiger partial charge in [0.05, 0.1) is 7.11 Å². The maximum Gasteiger partial charge on any atom is 0.325 e. The number of hydrogen-bond donors (Lipinski definition) is 1. The fraction of sp³-hybridized carbons (Fsp3) is 0.938. The first-order chi connectivity index (χ1) is 9.42. The van der Waals surface area contributed by atoms with Gasteiger partial charge in [-0.15, -0.1) is 0 Å². The average Bonchev–Trinajstić information content (AvgIpc) is 2.74. The zero-order valence-corrected chi connectivity index (χ0v) is 13.9. The first-order valence-electron chi connectivity index (χ1n) is 7.98. The third-order valence-corrected chi connectivity index (χ3v) is 4.62. The number of nitrogens with zero attached hydrogens (tertiary/aromatic N) is 1. The predicted molar refractivity (Wildman–Crippen MR) is 82.7 cm³/mol. The Morgan fingerprint density at radius 1 is 1.35 bits per heavy atom. The summed E-state index contributed by atoms with van der Waals surface area (Å²) < 4.78 is 4.95. The first kappa shape index (κ1) is 17.4. The van der Waals surface area contributed by atoms with E-state index < -0.39 is 5.54 Å². The Kier molecular flexibility index (Phi) is 6.96. The van der Waals surface area contributed by atoms with E-state index in [9.17, 15) is 4.79 Å². The number of hydrogen-bond acceptors (Lipinski definition) is 4. The van der Waals surface area contributed by atoms with Crippen molar-refractivity contribution < 1.29 is 9.53 Å². The van der Waals surface area contributed by atoms with Gasteiger partial charge in [-0.2, -0.15) is 0 Å². The molecule has 4 nitrogen and oxygen atoms in total. The van der Waals surface area contributed by atoms with Crippen LogP contribution in [0.15, 0.2) is 0 Å². The van der Waals surface area contributed by atoms with Gasteiger partial charge >= 0.3 is 5.97 Å². The van der Waals surface area contributed by atoms with Gasteiger partial charge in [0.1, 0.15) is 5.54 Å². The van der Waals surface area contributed by atoms with Gasteiger partial charge < -0.3 is 15.0 Å². The third-order valence-electron chi connectivity index (χ3n) is 4.62. The molecule has 3 atom stereocenters. The van der Waals surface area contributed by atoms with E-state index in [0.717, 1.165) is 44.2 Å². The van der Waals surface area contributed by atoms with E-state index in [1.807, 2.05) is 6.92 Å². The van der Waals surface area contributed by atoms with Crippen LogP contribution >= 0.6 is 0 Å². The average molecular weight is 284 g/mol. The van der Waals surface area contributed by atoms with Crippen molar-refractivity contribution >= 4 is 5.97 Å². The van der Waals surface area contributed by atoms with Crippen molar-refractivity contribution in [2.24, 2.45) is 11.8 Å². The standard InChI is InChI=1S/C16H32N2O2/c1-6-9-17-16(4,15(19)20-5)8-7-10-18-11-13(2)14(3)12-18/h13-14,17H,6-12H2,1-5H3. The van der Waals surface area contributed by atoms with Gasteiger partial charge in [-0.05, 0) is 51.1 Å². The van der Waals surface area contributed by atoms with Crippen LogP contribution < -0.4 is 5.32 Å². The molecule has 0 aliphatic carbocycles. The van der Waals surface area contributed by atoms with Crippen molar-refractivity contribution in [1.82, 2.24) is 10.2 Å². The van der Waals surface area contributed by atoms with Crippen LogP contribution in [0.2, 0.25) is 0 Å². The largest absolute Gasteiger partial charge is 0.468 e. The summed E-state index contributed by atoms with van der Waals surface area (Å²) in [7, 11) is 1.47. The number of methoxy groups -OCH3 is 1. The highest BCUT2D eigenvalue weighted by Crippen LogP contribution is 2.23. The predicted octanol–water partition coefficient (Wildman–Crippen LogP) is 2.29. The second-order valence-electron chi connectivity index (χ2n) is 6.57. The lowest BCUT2D eigenvalue weighted by Gasteiger charge is -2.29. The number of esters is 1. The monoisotopic (exact) mass is 284 g/mol. The van der Waals surface area contributed by atoms with Crippen LogP contribution in [-0.4, -0.2) is 49.7 Å². The number of carbonyl (C=O) groups excluding carboxylic acids is 1. The molecule has 1 saturated heterocycles. The molecule has 1 rings (SSSR count). The number of carbonyl (C=O) groups is 1. The molecular formula is C16H32N2O2. The number of likely N-dealkylation sites (tertiary alicyclic amines) is 1. The molecule has 0 bridgehead atoms. The normalized spacial score (nSPS) is 26.4. The van der Waals surface area contributed by atoms with Crippen molar-refractivity contribution in [2.45, 2.75) is 52.5 Å². The SMILES string of the molecule is CCCNC(C)(CCCN1CC(C)C(C)C1)C(=O)OC. The Bertz CT molecular complexity index is 299. The van der Waals surface area contributed by atoms with Crippen molar-refractivity contribution in [1.29, 1.82) is 0 Å². The second kappa shape index (κ2) is 7.99. The summed E-state index contributed by atoms with van der Waals surface area (Å²) in [6.45, 7) is 13.0. The zero-order valence-electron chi connectivity index (χ0n) is 13.9. The first-order valence-corrected chi connectivity index (χ1v) is 7.98. The molecule has 1 aliphatic rings. The van der Waals surface area contributed by atoms with Crippen LogP contribution in [0.25, 0.3) is 0 Å². The summed E-state index contributed by atoms with van der Waals surface area (Å²) in [5.41, 5.74) is -0.540. The molecule has 20 heavy (non-hydrogen) atoms. The molecule has 4 heteroatoms. The van der Waals surface area contributed by atoms with Gasteiger partial charge in [0.15, 0.2) is 0 Å². The van der Waals surface area contributed by atoms with Gasteiger partial charge in [0, 0.05) is 13.1 Å². The Balaban J connectivity index is 2.40. The van der Waals surface area contributed by atoms with E-state index in [1.54, 1.807) is 0 Å². The van der Waals surface area contributed by atoms with E-state index in [-0.39, 0.29) is 5.97 Å². The van der Waals surface area contributed by atoms with Crippen molar-refractivity contribution in [3.8, 4) is 0 Å². The Labute approximate surface area is 124 Å². The summed E-state index contributed by atoms with van der Waals surface area (Å²) >= 11 is 0. The van der Waals surface area contributed by atoms with Gasteiger partial charge in [0.25, 0.3) is 0 Å². The minimum Gasteiger partial charge on any atom is -0.468 e. The summed E-state index contributed by atoms with van der Waals surface area (Å²) in [5.74, 6) is 1.44. The maximum absolute atomic E-state index is 12.0. The highest BCUT2D eigenvalue weighted by molar-refractivity contribution is 5.80. The Hall–Kier alpha value is -0.610. The van der Waals surface area contributed by atoms with E-state index in [0.29, 0.717) is 0 Å². The number of ether oxygens (including phenoxy) is 1. The van der Waals surface area contributed by atoms with E-state index in [1.165, 1.54) is 20.2 Å². The minimum atomic E-state index is -0.540. The molecule has 0 amide bonds. The van der Waals surface area contributed by atoms with Crippen LogP contribution in [0.5, 0.6) is 0 Å². The minimum absolute atomic E-state index is 0.144. The van der Waals surface area contributed by atoms with Crippen LogP contribution in [0, 0.1) is 11.8 Å². The van der Waals surface area contributed by atoms with E-state index in [4.69, 9.17) is 4.74 Å². The summed E-state index contributed by atoms with van der Waals surface area (Å²) in [5, 5.41) is 3.35. The smallest absolute Gasteiger partial charge is 0.325 e. The molecular weight excluding hydrogens is 252 g/mol. The Morgan fingerprint density at radius 2 is 1.95 bits per heavy atom. The lowest BCUT2D eigenvalue weighted by Crippen LogP contribution is -2.50. The van der Waals surface area contributed by atoms with Crippen molar-refractivity contribution in [3.63, 3.8) is 0 Å². The number of rotatable bonds is 8. The quantitative estimate of drug-likeness (QED) is 0.694. The molecule has 1 heterocycles. The topological polar surface area (TPSA) is 41.6 Å². The van der Waals surface area contributed by atoms with Gasteiger partial charge in [-0.25, -0.2) is 0 Å². The van der Waals surface area contributed by atoms with Crippen LogP contribution in [0.3, 0.4) is 0 Å². The highest BCUT2D eigenvalue weighted by Gasteiger charge is 2.33. The molecule has 1 fully saturated rings. The van der Waals surface area contributed by atoms with Gasteiger partial charge in [-0.1, -0.05) is 20.8 Å². The molecule has 0 spiro atoms. The van der Waals surface area contributed by atoms with Crippen LogP contribution in [0.1, 0.15) is 47.0 Å². The fourth-order valence-electron chi connectivity index (χ4n) is 2.98. The third kappa shape index (κ3) is 4.74. The van der Waals surface area contributed by atoms with Crippen molar-refractivity contribution in [3.05, 3.63) is 0 Å². The second-order valence-corrected chi connectivity index (χ2v) is 6.57. The van der Waals surface area contributed by atoms with Crippen LogP contribution in [-0.2, 0) is 9.53 Å². The fourth-order valence-corrected chi connectivity index (χ4v) is 2.98.